The molecule has 0 nitrogen and oxygen atoms in total. The monoisotopic (exact) mass is 192 g/mol. The van der Waals surface area contributed by atoms with Gasteiger partial charge in [0.2, 0.25) is 0 Å². The van der Waals surface area contributed by atoms with E-state index in [4.69, 9.17) is 0 Å². The molecule has 0 aromatic carbocycles. The first-order chi connectivity index (χ1) is 5.87. The summed E-state index contributed by atoms with van der Waals surface area (Å²) in [6.07, 6.45) is 4.00. The Labute approximate surface area is 80.7 Å². The molecule has 2 heteroatoms. The van der Waals surface area contributed by atoms with Gasteiger partial charge in [-0.1, -0.05) is 40.0 Å². The van der Waals surface area contributed by atoms with Gasteiger partial charge in [-0.2, -0.15) is 0 Å². The first kappa shape index (κ1) is 12.9. The summed E-state index contributed by atoms with van der Waals surface area (Å²) in [5, 5.41) is 0. The molecule has 1 unspecified atom stereocenters. The van der Waals surface area contributed by atoms with E-state index in [2.05, 4.69) is 0 Å². The van der Waals surface area contributed by atoms with Crippen LogP contribution in [0.3, 0.4) is 0 Å². The summed E-state index contributed by atoms with van der Waals surface area (Å²) in [5.74, 6) is -2.54. The number of halogens is 2. The van der Waals surface area contributed by atoms with Crippen LogP contribution in [0.2, 0.25) is 0 Å². The molecule has 13 heavy (non-hydrogen) atoms. The Balaban J connectivity index is 4.34. The van der Waals surface area contributed by atoms with Gasteiger partial charge in [-0.25, -0.2) is 8.78 Å². The number of hydrogen-bond acceptors (Lipinski definition) is 0. The lowest BCUT2D eigenvalue weighted by molar-refractivity contribution is -0.107. The average molecular weight is 192 g/mol. The predicted octanol–water partition coefficient (Wildman–Crippen LogP) is 4.64. The van der Waals surface area contributed by atoms with E-state index in [9.17, 15) is 8.78 Å². The molecule has 0 saturated carbocycles. The molecule has 0 aliphatic rings. The van der Waals surface area contributed by atoms with E-state index in [-0.39, 0.29) is 0 Å². The molecule has 0 N–H and O–H groups in total. The molecule has 0 aliphatic heterocycles. The normalized spacial score (nSPS) is 17.1. The number of rotatable bonds is 6. The molecule has 0 aromatic heterocycles. The summed E-state index contributed by atoms with van der Waals surface area (Å²) in [6, 6.07) is 0. The second-order valence-electron chi connectivity index (χ2n) is 4.30. The van der Waals surface area contributed by atoms with E-state index in [0.717, 1.165) is 26.2 Å². The molecule has 0 heterocycles. The molecule has 0 aromatic rings. The van der Waals surface area contributed by atoms with Gasteiger partial charge >= 0.3 is 0 Å². The van der Waals surface area contributed by atoms with Gasteiger partial charge < -0.3 is 0 Å². The van der Waals surface area contributed by atoms with Crippen molar-refractivity contribution in [1.82, 2.24) is 0 Å². The van der Waals surface area contributed by atoms with Crippen molar-refractivity contribution in [3.8, 4) is 0 Å². The van der Waals surface area contributed by atoms with Crippen molar-refractivity contribution in [3.05, 3.63) is 0 Å². The Morgan fingerprint density at radius 1 is 0.923 bits per heavy atom. The van der Waals surface area contributed by atoms with Crippen LogP contribution in [0.1, 0.15) is 59.8 Å². The lowest BCUT2D eigenvalue weighted by Crippen LogP contribution is -2.36. The predicted molar refractivity (Wildman–Crippen MR) is 53.2 cm³/mol. The van der Waals surface area contributed by atoms with Gasteiger partial charge in [0.25, 0.3) is 5.92 Å². The van der Waals surface area contributed by atoms with Crippen molar-refractivity contribution >= 4 is 0 Å². The van der Waals surface area contributed by atoms with Gasteiger partial charge in [-0.05, 0) is 19.8 Å². The maximum atomic E-state index is 13.3. The summed E-state index contributed by atoms with van der Waals surface area (Å²) in [5.41, 5.74) is -0.794. The van der Waals surface area contributed by atoms with Gasteiger partial charge in [0, 0.05) is 5.41 Å². The van der Waals surface area contributed by atoms with Crippen molar-refractivity contribution in [1.29, 1.82) is 0 Å². The second kappa shape index (κ2) is 4.92. The highest BCUT2D eigenvalue weighted by Crippen LogP contribution is 2.44. The number of alkyl halides is 2. The fourth-order valence-electron chi connectivity index (χ4n) is 1.68. The first-order valence-electron chi connectivity index (χ1n) is 5.25. The highest BCUT2D eigenvalue weighted by atomic mass is 19.3. The Kier molecular flexibility index (Phi) is 4.87. The van der Waals surface area contributed by atoms with E-state index in [0.29, 0.717) is 12.8 Å². The van der Waals surface area contributed by atoms with Crippen LogP contribution in [0.5, 0.6) is 0 Å². The van der Waals surface area contributed by atoms with Gasteiger partial charge in [-0.15, -0.1) is 0 Å². The highest BCUT2D eigenvalue weighted by molar-refractivity contribution is 4.85. The highest BCUT2D eigenvalue weighted by Gasteiger charge is 2.44. The SMILES string of the molecule is CCCCC(C)(CCC)C(C)(F)F. The van der Waals surface area contributed by atoms with E-state index in [1.807, 2.05) is 13.8 Å². The third-order valence-corrected chi connectivity index (χ3v) is 2.94. The van der Waals surface area contributed by atoms with Crippen molar-refractivity contribution in [2.45, 2.75) is 65.7 Å². The Morgan fingerprint density at radius 2 is 1.46 bits per heavy atom. The topological polar surface area (TPSA) is 0 Å². The van der Waals surface area contributed by atoms with Crippen molar-refractivity contribution in [2.24, 2.45) is 5.41 Å². The maximum Gasteiger partial charge on any atom is 0.250 e. The minimum absolute atomic E-state index is 0.622. The zero-order valence-corrected chi connectivity index (χ0v) is 9.29. The van der Waals surface area contributed by atoms with Gasteiger partial charge in [0.1, 0.15) is 0 Å². The molecule has 80 valence electrons. The average Bonchev–Trinajstić information content (AvgIpc) is 1.99. The van der Waals surface area contributed by atoms with E-state index < -0.39 is 11.3 Å². The van der Waals surface area contributed by atoms with E-state index in [1.54, 1.807) is 6.92 Å². The Morgan fingerprint density at radius 3 is 1.77 bits per heavy atom. The lowest BCUT2D eigenvalue weighted by atomic mass is 9.76. The largest absolute Gasteiger partial charge is 0.250 e. The fourth-order valence-corrected chi connectivity index (χ4v) is 1.68. The summed E-state index contributed by atoms with van der Waals surface area (Å²) in [7, 11) is 0. The lowest BCUT2D eigenvalue weighted by Gasteiger charge is -2.35. The van der Waals surface area contributed by atoms with Crippen molar-refractivity contribution < 1.29 is 8.78 Å². The van der Waals surface area contributed by atoms with Crippen LogP contribution in [0.25, 0.3) is 0 Å². The van der Waals surface area contributed by atoms with Crippen LogP contribution in [0.4, 0.5) is 8.78 Å². The summed E-state index contributed by atoms with van der Waals surface area (Å²) < 4.78 is 26.6. The molecule has 0 radical (unpaired) electrons. The Bertz CT molecular complexity index is 138. The van der Waals surface area contributed by atoms with Gasteiger partial charge in [0.05, 0.1) is 0 Å². The minimum atomic E-state index is -2.54. The molecule has 0 saturated heterocycles. The van der Waals surface area contributed by atoms with Crippen LogP contribution in [0.15, 0.2) is 0 Å². The zero-order chi connectivity index (χ0) is 10.5. The van der Waals surface area contributed by atoms with Crippen LogP contribution in [0, 0.1) is 5.41 Å². The zero-order valence-electron chi connectivity index (χ0n) is 9.29. The molecule has 0 aliphatic carbocycles. The maximum absolute atomic E-state index is 13.3. The molecule has 0 spiro atoms. The van der Waals surface area contributed by atoms with Crippen molar-refractivity contribution in [2.75, 3.05) is 0 Å². The van der Waals surface area contributed by atoms with E-state index >= 15 is 0 Å². The first-order valence-corrected chi connectivity index (χ1v) is 5.25. The quantitative estimate of drug-likeness (QED) is 0.575. The molecule has 0 fully saturated rings. The molecular weight excluding hydrogens is 170 g/mol. The van der Waals surface area contributed by atoms with E-state index in [1.165, 1.54) is 0 Å². The smallest absolute Gasteiger partial charge is 0.207 e. The standard InChI is InChI=1S/C11H22F2/c1-5-7-9-10(3,8-6-2)11(4,12)13/h5-9H2,1-4H3. The second-order valence-corrected chi connectivity index (χ2v) is 4.30. The van der Waals surface area contributed by atoms with Crippen molar-refractivity contribution in [3.63, 3.8) is 0 Å². The molecule has 0 rings (SSSR count). The summed E-state index contributed by atoms with van der Waals surface area (Å²) >= 11 is 0. The molecular formula is C11H22F2. The third kappa shape index (κ3) is 3.61. The number of unbranched alkanes of at least 4 members (excludes halogenated alkanes) is 1. The molecule has 0 bridgehead atoms. The molecule has 1 atom stereocenters. The summed E-state index contributed by atoms with van der Waals surface area (Å²) in [6.45, 7) is 6.78. The Hall–Kier alpha value is -0.140. The van der Waals surface area contributed by atoms with Crippen LogP contribution < -0.4 is 0 Å². The van der Waals surface area contributed by atoms with Gasteiger partial charge in [-0.3, -0.25) is 0 Å². The van der Waals surface area contributed by atoms with Crippen LogP contribution in [-0.4, -0.2) is 5.92 Å². The van der Waals surface area contributed by atoms with Gasteiger partial charge in [0.15, 0.2) is 0 Å². The number of hydrogen-bond donors (Lipinski definition) is 0. The minimum Gasteiger partial charge on any atom is -0.207 e. The fraction of sp³-hybridized carbons (Fsp3) is 1.00. The molecule has 0 amide bonds. The van der Waals surface area contributed by atoms with Crippen LogP contribution >= 0.6 is 0 Å². The van der Waals surface area contributed by atoms with Crippen LogP contribution in [-0.2, 0) is 0 Å². The third-order valence-electron chi connectivity index (χ3n) is 2.94. The summed E-state index contributed by atoms with van der Waals surface area (Å²) in [4.78, 5) is 0.